The molecule has 0 fully saturated rings. The number of rotatable bonds is 23. The lowest BCUT2D eigenvalue weighted by Gasteiger charge is -2.24. The van der Waals surface area contributed by atoms with Crippen molar-refractivity contribution < 1.29 is 29.0 Å². The highest BCUT2D eigenvalue weighted by molar-refractivity contribution is 5.86. The van der Waals surface area contributed by atoms with Crippen LogP contribution in [0.25, 0.3) is 0 Å². The molecule has 8 heteroatoms. The number of esters is 1. The van der Waals surface area contributed by atoms with Gasteiger partial charge in [0.25, 0.3) is 0 Å². The third-order valence-electron chi connectivity index (χ3n) is 8.97. The van der Waals surface area contributed by atoms with Crippen LogP contribution in [0.3, 0.4) is 0 Å². The number of allylic oxidation sites excluding steroid dienone is 2. The predicted octanol–water partition coefficient (Wildman–Crippen LogP) is 6.96. The molecular formula is C45H52N2O6. The second-order valence-electron chi connectivity index (χ2n) is 13.3. The number of amides is 2. The van der Waals surface area contributed by atoms with Crippen molar-refractivity contribution in [2.24, 2.45) is 11.8 Å². The third-order valence-corrected chi connectivity index (χ3v) is 8.97. The molecule has 2 amide bonds. The zero-order valence-corrected chi connectivity index (χ0v) is 30.4. The molecule has 0 saturated carbocycles. The lowest BCUT2D eigenvalue weighted by Crippen LogP contribution is -2.45. The Labute approximate surface area is 313 Å². The molecule has 0 bridgehead atoms. The average Bonchev–Trinajstić information content (AvgIpc) is 3.18. The van der Waals surface area contributed by atoms with Crippen molar-refractivity contribution in [1.82, 2.24) is 10.6 Å². The van der Waals surface area contributed by atoms with Crippen molar-refractivity contribution >= 4 is 17.8 Å². The largest absolute Gasteiger partial charge is 0.489 e. The number of hydrogen-bond acceptors (Lipinski definition) is 6. The molecule has 0 heterocycles. The predicted molar refractivity (Wildman–Crippen MR) is 209 cm³/mol. The van der Waals surface area contributed by atoms with Crippen molar-refractivity contribution in [3.05, 3.63) is 163 Å². The van der Waals surface area contributed by atoms with Gasteiger partial charge in [0, 0.05) is 6.42 Å². The minimum Gasteiger partial charge on any atom is -0.489 e. The minimum atomic E-state index is -0.714. The number of benzene rings is 4. The maximum atomic E-state index is 13.8. The van der Waals surface area contributed by atoms with E-state index in [1.54, 1.807) is 12.2 Å². The second-order valence-corrected chi connectivity index (χ2v) is 13.3. The highest BCUT2D eigenvalue weighted by atomic mass is 16.5. The molecule has 0 aliphatic rings. The maximum Gasteiger partial charge on any atom is 0.309 e. The summed E-state index contributed by atoms with van der Waals surface area (Å²) in [4.78, 5) is 40.4. The van der Waals surface area contributed by atoms with Crippen molar-refractivity contribution in [3.63, 3.8) is 0 Å². The molecule has 278 valence electrons. The number of ether oxygens (including phenoxy) is 2. The van der Waals surface area contributed by atoms with Crippen molar-refractivity contribution in [2.45, 2.75) is 63.6 Å². The van der Waals surface area contributed by atoms with Crippen LogP contribution in [0.15, 0.2) is 141 Å². The molecule has 4 rings (SSSR count). The van der Waals surface area contributed by atoms with Crippen LogP contribution < -0.4 is 15.4 Å². The van der Waals surface area contributed by atoms with E-state index in [9.17, 15) is 19.5 Å². The molecule has 53 heavy (non-hydrogen) atoms. The summed E-state index contributed by atoms with van der Waals surface area (Å²) in [5.41, 5.74) is 3.99. The van der Waals surface area contributed by atoms with Gasteiger partial charge in [-0.05, 0) is 72.9 Å². The monoisotopic (exact) mass is 716 g/mol. The summed E-state index contributed by atoms with van der Waals surface area (Å²) < 4.78 is 11.9. The van der Waals surface area contributed by atoms with Gasteiger partial charge in [0.2, 0.25) is 11.8 Å². The highest BCUT2D eigenvalue weighted by Crippen LogP contribution is 2.19. The van der Waals surface area contributed by atoms with Gasteiger partial charge >= 0.3 is 5.97 Å². The summed E-state index contributed by atoms with van der Waals surface area (Å²) in [6.07, 6.45) is 6.21. The Kier molecular flexibility index (Phi) is 17.1. The van der Waals surface area contributed by atoms with Crippen molar-refractivity contribution in [1.29, 1.82) is 0 Å². The fourth-order valence-electron chi connectivity index (χ4n) is 6.09. The summed E-state index contributed by atoms with van der Waals surface area (Å²) in [5, 5.41) is 15.9. The van der Waals surface area contributed by atoms with Crippen LogP contribution in [0.5, 0.6) is 5.75 Å². The zero-order valence-electron chi connectivity index (χ0n) is 30.4. The van der Waals surface area contributed by atoms with Gasteiger partial charge in [-0.15, -0.1) is 13.2 Å². The Morgan fingerprint density at radius 1 is 0.660 bits per heavy atom. The van der Waals surface area contributed by atoms with E-state index in [0.717, 1.165) is 22.3 Å². The first-order valence-electron chi connectivity index (χ1n) is 18.3. The van der Waals surface area contributed by atoms with E-state index < -0.39 is 18.0 Å². The molecular weight excluding hydrogens is 665 g/mol. The highest BCUT2D eigenvalue weighted by Gasteiger charge is 2.27. The van der Waals surface area contributed by atoms with E-state index in [1.165, 1.54) is 0 Å². The third kappa shape index (κ3) is 14.6. The summed E-state index contributed by atoms with van der Waals surface area (Å²) in [6.45, 7) is 7.79. The summed E-state index contributed by atoms with van der Waals surface area (Å²) >= 11 is 0. The van der Waals surface area contributed by atoms with E-state index in [-0.39, 0.29) is 49.8 Å². The molecule has 0 aliphatic heterocycles. The summed E-state index contributed by atoms with van der Waals surface area (Å²) in [5.74, 6) is -1.41. The zero-order chi connectivity index (χ0) is 37.7. The minimum absolute atomic E-state index is 0.0487. The molecule has 4 atom stereocenters. The van der Waals surface area contributed by atoms with Crippen LogP contribution in [0.1, 0.15) is 47.9 Å². The van der Waals surface area contributed by atoms with Gasteiger partial charge in [-0.2, -0.15) is 0 Å². The van der Waals surface area contributed by atoms with E-state index in [0.29, 0.717) is 44.5 Å². The average molecular weight is 717 g/mol. The van der Waals surface area contributed by atoms with E-state index in [1.807, 2.05) is 115 Å². The molecule has 8 nitrogen and oxygen atoms in total. The molecule has 0 spiro atoms. The number of carbonyl (C=O) groups is 3. The van der Waals surface area contributed by atoms with Gasteiger partial charge in [0.15, 0.2) is 0 Å². The van der Waals surface area contributed by atoms with Crippen LogP contribution in [0.4, 0.5) is 0 Å². The first-order chi connectivity index (χ1) is 25.9. The first kappa shape index (κ1) is 40.3. The second kappa shape index (κ2) is 22.5. The number of nitrogens with one attached hydrogen (secondary N) is 2. The standard InChI is InChI=1S/C45H52N2O6/c1-3-5-22-39(27-34-16-9-6-10-17-34)45(51)53-33-41(29-36-23-25-42(26-24-36)52-32-37-20-13-8-14-21-37)47-44(50)38(15-4-2)30-43(49)46-40(31-48)28-35-18-11-7-12-19-35/h3-4,6-14,16-21,23-26,38-41,48H,1-2,5,15,22,27-33H2,(H,46,49)(H,47,50)/t38-,39-,40+,41+/m1/s1. The lowest BCUT2D eigenvalue weighted by atomic mass is 9.95. The van der Waals surface area contributed by atoms with E-state index >= 15 is 0 Å². The lowest BCUT2D eigenvalue weighted by molar-refractivity contribution is -0.150. The number of aliphatic hydroxyl groups excluding tert-OH is 1. The fourth-order valence-corrected chi connectivity index (χ4v) is 6.09. The Morgan fingerprint density at radius 3 is 1.81 bits per heavy atom. The quantitative estimate of drug-likeness (QED) is 0.0565. The first-order valence-corrected chi connectivity index (χ1v) is 18.3. The van der Waals surface area contributed by atoms with Crippen molar-refractivity contribution in [2.75, 3.05) is 13.2 Å². The fraction of sp³-hybridized carbons (Fsp3) is 0.311. The van der Waals surface area contributed by atoms with Gasteiger partial charge < -0.3 is 25.2 Å². The van der Waals surface area contributed by atoms with Crippen LogP contribution in [0.2, 0.25) is 0 Å². The van der Waals surface area contributed by atoms with Gasteiger partial charge in [0.05, 0.1) is 30.5 Å². The molecule has 0 radical (unpaired) electrons. The van der Waals surface area contributed by atoms with Crippen LogP contribution in [0, 0.1) is 11.8 Å². The van der Waals surface area contributed by atoms with Crippen LogP contribution >= 0.6 is 0 Å². The molecule has 0 saturated heterocycles. The molecule has 0 aromatic heterocycles. The SMILES string of the molecule is C=CCC[C@H](Cc1ccccc1)C(=O)OC[C@H](Cc1ccc(OCc2ccccc2)cc1)NC(=O)[C@H](CC=C)CC(=O)N[C@H](CO)Cc1ccccc1. The van der Waals surface area contributed by atoms with Gasteiger partial charge in [0.1, 0.15) is 19.0 Å². The maximum absolute atomic E-state index is 13.8. The van der Waals surface area contributed by atoms with Crippen LogP contribution in [-0.4, -0.2) is 48.2 Å². The Bertz CT molecular complexity index is 1700. The number of carbonyl (C=O) groups excluding carboxylic acids is 3. The molecule has 0 aliphatic carbocycles. The topological polar surface area (TPSA) is 114 Å². The van der Waals surface area contributed by atoms with Crippen molar-refractivity contribution in [3.8, 4) is 5.75 Å². The Balaban J connectivity index is 1.44. The Morgan fingerprint density at radius 2 is 1.23 bits per heavy atom. The summed E-state index contributed by atoms with van der Waals surface area (Å²) in [7, 11) is 0. The molecule has 4 aromatic carbocycles. The van der Waals surface area contributed by atoms with E-state index in [4.69, 9.17) is 9.47 Å². The smallest absolute Gasteiger partial charge is 0.309 e. The Hall–Kier alpha value is -5.47. The molecule has 4 aromatic rings. The number of aliphatic hydroxyl groups is 1. The summed E-state index contributed by atoms with van der Waals surface area (Å²) in [6, 6.07) is 35.9. The van der Waals surface area contributed by atoms with Crippen LogP contribution in [-0.2, 0) is 45.0 Å². The van der Waals surface area contributed by atoms with Gasteiger partial charge in [-0.1, -0.05) is 115 Å². The van der Waals surface area contributed by atoms with Gasteiger partial charge in [-0.25, -0.2) is 0 Å². The van der Waals surface area contributed by atoms with E-state index in [2.05, 4.69) is 23.8 Å². The van der Waals surface area contributed by atoms with Gasteiger partial charge in [-0.3, -0.25) is 14.4 Å². The molecule has 0 unspecified atom stereocenters. The number of hydrogen-bond donors (Lipinski definition) is 3. The molecule has 3 N–H and O–H groups in total. The normalized spacial score (nSPS) is 13.1.